The van der Waals surface area contributed by atoms with Gasteiger partial charge in [0, 0.05) is 32.6 Å². The van der Waals surface area contributed by atoms with E-state index in [4.69, 9.17) is 0 Å². The summed E-state index contributed by atoms with van der Waals surface area (Å²) in [6, 6.07) is 0.398. The Morgan fingerprint density at radius 2 is 1.86 bits per heavy atom. The lowest BCUT2D eigenvalue weighted by molar-refractivity contribution is -0.121. The van der Waals surface area contributed by atoms with Crippen molar-refractivity contribution < 1.29 is 4.79 Å². The molecule has 0 atom stereocenters. The summed E-state index contributed by atoms with van der Waals surface area (Å²) >= 11 is 1.88. The van der Waals surface area contributed by atoms with Gasteiger partial charge in [0.1, 0.15) is 0 Å². The maximum atomic E-state index is 11.9. The topological polar surface area (TPSA) is 65.5 Å². The van der Waals surface area contributed by atoms with E-state index in [0.717, 1.165) is 31.8 Å². The van der Waals surface area contributed by atoms with Crippen LogP contribution in [0, 0.1) is 0 Å². The standard InChI is InChI=1S/C16H32N4OS/c1-17-16(18-11-6-7-13-22-2)19-12-10-15(21)20-14-8-4-3-5-9-14/h14H,3-13H2,1-2H3,(H,20,21)(H2,17,18,19). The van der Waals surface area contributed by atoms with Gasteiger partial charge in [0.25, 0.3) is 0 Å². The van der Waals surface area contributed by atoms with Gasteiger partial charge in [-0.2, -0.15) is 11.8 Å². The SMILES string of the molecule is CN=C(NCCCCSC)NCCC(=O)NC1CCCCC1. The maximum absolute atomic E-state index is 11.9. The molecule has 0 heterocycles. The van der Waals surface area contributed by atoms with Crippen LogP contribution in [0.25, 0.3) is 0 Å². The highest BCUT2D eigenvalue weighted by atomic mass is 32.2. The lowest BCUT2D eigenvalue weighted by atomic mass is 9.95. The van der Waals surface area contributed by atoms with Crippen molar-refractivity contribution in [3.8, 4) is 0 Å². The maximum Gasteiger partial charge on any atom is 0.221 e. The Labute approximate surface area is 139 Å². The molecular weight excluding hydrogens is 296 g/mol. The van der Waals surface area contributed by atoms with Gasteiger partial charge in [-0.15, -0.1) is 0 Å². The van der Waals surface area contributed by atoms with E-state index in [1.807, 2.05) is 11.8 Å². The van der Waals surface area contributed by atoms with Crippen LogP contribution in [0.2, 0.25) is 0 Å². The summed E-state index contributed by atoms with van der Waals surface area (Å²) in [4.78, 5) is 16.1. The number of hydrogen-bond acceptors (Lipinski definition) is 3. The third kappa shape index (κ3) is 9.18. The second kappa shape index (κ2) is 12.6. The molecule has 0 aromatic carbocycles. The Kier molecular flexibility index (Phi) is 11.0. The summed E-state index contributed by atoms with van der Waals surface area (Å²) in [7, 11) is 1.76. The first-order valence-corrected chi connectivity index (χ1v) is 9.88. The molecule has 3 N–H and O–H groups in total. The van der Waals surface area contributed by atoms with Gasteiger partial charge >= 0.3 is 0 Å². The fourth-order valence-electron chi connectivity index (χ4n) is 2.64. The van der Waals surface area contributed by atoms with Gasteiger partial charge in [-0.1, -0.05) is 19.3 Å². The van der Waals surface area contributed by atoms with Crippen molar-refractivity contribution in [3.05, 3.63) is 0 Å². The molecule has 0 saturated heterocycles. The Morgan fingerprint density at radius 1 is 1.14 bits per heavy atom. The molecule has 1 saturated carbocycles. The highest BCUT2D eigenvalue weighted by Gasteiger charge is 2.15. The van der Waals surface area contributed by atoms with Crippen molar-refractivity contribution >= 4 is 23.6 Å². The second-order valence-corrected chi connectivity index (χ2v) is 6.76. The number of carbonyl (C=O) groups excluding carboxylic acids is 1. The van der Waals surface area contributed by atoms with Gasteiger partial charge in [0.15, 0.2) is 5.96 Å². The zero-order valence-electron chi connectivity index (χ0n) is 14.1. The number of hydrogen-bond donors (Lipinski definition) is 3. The van der Waals surface area contributed by atoms with Gasteiger partial charge in [-0.25, -0.2) is 0 Å². The molecule has 0 unspecified atom stereocenters. The zero-order chi connectivity index (χ0) is 16.0. The first kappa shape index (κ1) is 19.1. The number of nitrogens with one attached hydrogen (secondary N) is 3. The van der Waals surface area contributed by atoms with Gasteiger partial charge in [-0.05, 0) is 37.7 Å². The van der Waals surface area contributed by atoms with Crippen LogP contribution in [-0.2, 0) is 4.79 Å². The van der Waals surface area contributed by atoms with Crippen molar-refractivity contribution in [3.63, 3.8) is 0 Å². The predicted octanol–water partition coefficient (Wildman–Crippen LogP) is 2.13. The van der Waals surface area contributed by atoms with E-state index in [1.54, 1.807) is 7.05 Å². The number of rotatable bonds is 9. The number of guanidine groups is 1. The van der Waals surface area contributed by atoms with Crippen molar-refractivity contribution in [1.82, 2.24) is 16.0 Å². The van der Waals surface area contributed by atoms with E-state index >= 15 is 0 Å². The normalized spacial score (nSPS) is 16.4. The number of unbranched alkanes of at least 4 members (excludes halogenated alkanes) is 1. The van der Waals surface area contributed by atoms with Gasteiger partial charge in [0.05, 0.1) is 0 Å². The molecule has 0 radical (unpaired) electrons. The first-order chi connectivity index (χ1) is 10.8. The van der Waals surface area contributed by atoms with Crippen LogP contribution in [0.15, 0.2) is 4.99 Å². The van der Waals surface area contributed by atoms with E-state index in [2.05, 4.69) is 27.2 Å². The smallest absolute Gasteiger partial charge is 0.221 e. The molecular formula is C16H32N4OS. The van der Waals surface area contributed by atoms with E-state index in [1.165, 1.54) is 31.4 Å². The molecule has 1 amide bonds. The molecule has 128 valence electrons. The van der Waals surface area contributed by atoms with Crippen LogP contribution in [0.5, 0.6) is 0 Å². The molecule has 1 aliphatic carbocycles. The summed E-state index contributed by atoms with van der Waals surface area (Å²) < 4.78 is 0. The van der Waals surface area contributed by atoms with Crippen LogP contribution < -0.4 is 16.0 Å². The Hall–Kier alpha value is -0.910. The minimum absolute atomic E-state index is 0.148. The van der Waals surface area contributed by atoms with Crippen LogP contribution in [0.1, 0.15) is 51.4 Å². The van der Waals surface area contributed by atoms with E-state index in [0.29, 0.717) is 19.0 Å². The Balaban J connectivity index is 2.06. The molecule has 0 aromatic heterocycles. The summed E-state index contributed by atoms with van der Waals surface area (Å²) in [6.07, 6.45) is 11.1. The third-order valence-electron chi connectivity index (χ3n) is 3.91. The number of thioether (sulfide) groups is 1. The Bertz CT molecular complexity index is 330. The van der Waals surface area contributed by atoms with Gasteiger partial charge in [0.2, 0.25) is 5.91 Å². The first-order valence-electron chi connectivity index (χ1n) is 8.49. The van der Waals surface area contributed by atoms with E-state index in [9.17, 15) is 4.79 Å². The van der Waals surface area contributed by atoms with E-state index < -0.39 is 0 Å². The van der Waals surface area contributed by atoms with Crippen LogP contribution in [0.4, 0.5) is 0 Å². The van der Waals surface area contributed by atoms with Gasteiger partial charge in [-0.3, -0.25) is 9.79 Å². The largest absolute Gasteiger partial charge is 0.356 e. The molecule has 0 aromatic rings. The van der Waals surface area contributed by atoms with Crippen molar-refractivity contribution in [2.75, 3.05) is 32.1 Å². The number of aliphatic imine (C=N–C) groups is 1. The lowest BCUT2D eigenvalue weighted by Gasteiger charge is -2.22. The van der Waals surface area contributed by atoms with Crippen LogP contribution >= 0.6 is 11.8 Å². The molecule has 1 fully saturated rings. The highest BCUT2D eigenvalue weighted by molar-refractivity contribution is 7.98. The van der Waals surface area contributed by atoms with Crippen molar-refractivity contribution in [2.45, 2.75) is 57.4 Å². The monoisotopic (exact) mass is 328 g/mol. The fourth-order valence-corrected chi connectivity index (χ4v) is 3.13. The molecule has 1 aliphatic rings. The summed E-state index contributed by atoms with van der Waals surface area (Å²) in [5.74, 6) is 2.14. The molecule has 0 aliphatic heterocycles. The summed E-state index contributed by atoms with van der Waals surface area (Å²) in [5.41, 5.74) is 0. The fraction of sp³-hybridized carbons (Fsp3) is 0.875. The van der Waals surface area contributed by atoms with Crippen LogP contribution in [0.3, 0.4) is 0 Å². The van der Waals surface area contributed by atoms with Crippen molar-refractivity contribution in [1.29, 1.82) is 0 Å². The Morgan fingerprint density at radius 3 is 2.55 bits per heavy atom. The average Bonchev–Trinajstić information content (AvgIpc) is 2.54. The number of carbonyl (C=O) groups is 1. The summed E-state index contributed by atoms with van der Waals surface area (Å²) in [6.45, 7) is 1.55. The minimum atomic E-state index is 0.148. The number of amides is 1. The minimum Gasteiger partial charge on any atom is -0.356 e. The molecule has 6 heteroatoms. The summed E-state index contributed by atoms with van der Waals surface area (Å²) in [5, 5.41) is 9.62. The molecule has 0 spiro atoms. The molecule has 0 bridgehead atoms. The van der Waals surface area contributed by atoms with E-state index in [-0.39, 0.29) is 5.91 Å². The lowest BCUT2D eigenvalue weighted by Crippen LogP contribution is -2.41. The van der Waals surface area contributed by atoms with Gasteiger partial charge < -0.3 is 16.0 Å². The predicted molar refractivity (Wildman–Crippen MR) is 96.6 cm³/mol. The third-order valence-corrected chi connectivity index (χ3v) is 4.60. The van der Waals surface area contributed by atoms with Crippen LogP contribution in [-0.4, -0.2) is 50.1 Å². The molecule has 22 heavy (non-hydrogen) atoms. The van der Waals surface area contributed by atoms with Crippen molar-refractivity contribution in [2.24, 2.45) is 4.99 Å². The quantitative estimate of drug-likeness (QED) is 0.345. The highest BCUT2D eigenvalue weighted by Crippen LogP contribution is 2.17. The number of nitrogens with zero attached hydrogens (tertiary/aromatic N) is 1. The zero-order valence-corrected chi connectivity index (χ0v) is 14.9. The second-order valence-electron chi connectivity index (χ2n) is 5.78. The molecule has 5 nitrogen and oxygen atoms in total. The molecule has 1 rings (SSSR count). The average molecular weight is 329 g/mol.